The number of carboxylic acids is 1. The molecule has 0 aromatic heterocycles. The number of esters is 1. The van der Waals surface area contributed by atoms with Gasteiger partial charge < -0.3 is 24.8 Å². The van der Waals surface area contributed by atoms with Crippen LogP contribution in [0.4, 0.5) is 4.79 Å². The summed E-state index contributed by atoms with van der Waals surface area (Å²) in [6.07, 6.45) is -0.626. The summed E-state index contributed by atoms with van der Waals surface area (Å²) in [6, 6.07) is 23.5. The summed E-state index contributed by atoms with van der Waals surface area (Å²) in [7, 11) is 0. The molecular formula is C33H34N2O7. The van der Waals surface area contributed by atoms with Gasteiger partial charge in [0, 0.05) is 18.5 Å². The predicted molar refractivity (Wildman–Crippen MR) is 154 cm³/mol. The number of rotatable bonds is 9. The van der Waals surface area contributed by atoms with Crippen molar-refractivity contribution in [2.75, 3.05) is 13.2 Å². The number of benzene rings is 3. The van der Waals surface area contributed by atoms with E-state index >= 15 is 0 Å². The number of nitrogens with one attached hydrogen (secondary N) is 1. The van der Waals surface area contributed by atoms with Crippen LogP contribution in [-0.2, 0) is 30.5 Å². The summed E-state index contributed by atoms with van der Waals surface area (Å²) < 4.78 is 11.0. The maximum Gasteiger partial charge on any atom is 0.407 e. The number of fused-ring (bicyclic) bond motifs is 3. The molecule has 0 saturated carbocycles. The summed E-state index contributed by atoms with van der Waals surface area (Å²) in [6.45, 7) is 2.07. The van der Waals surface area contributed by atoms with E-state index in [1.54, 1.807) is 6.92 Å². The molecule has 2 aliphatic rings. The molecule has 0 spiro atoms. The largest absolute Gasteiger partial charge is 0.481 e. The zero-order valence-electron chi connectivity index (χ0n) is 23.4. The van der Waals surface area contributed by atoms with E-state index in [0.717, 1.165) is 27.8 Å². The topological polar surface area (TPSA) is 122 Å². The van der Waals surface area contributed by atoms with Crippen LogP contribution in [0.2, 0.25) is 0 Å². The van der Waals surface area contributed by atoms with E-state index in [1.165, 1.54) is 4.90 Å². The lowest BCUT2D eigenvalue weighted by Crippen LogP contribution is -2.55. The average Bonchev–Trinajstić information content (AvgIpc) is 3.32. The van der Waals surface area contributed by atoms with Crippen molar-refractivity contribution in [3.05, 3.63) is 95.6 Å². The first-order valence-corrected chi connectivity index (χ1v) is 14.2. The van der Waals surface area contributed by atoms with Gasteiger partial charge in [-0.25, -0.2) is 4.79 Å². The Kier molecular flexibility index (Phi) is 8.85. The standard InChI is InChI=1S/C33H34N2O7/c1-21-17-23(32(38)39)15-16-35(21)31(37)29(18-30(36)41-19-22-9-3-2-4-10-22)34-33(40)42-20-28-26-13-7-5-11-24(26)25-12-6-8-14-27(25)28/h2-14,21,23,28-29H,15-20H2,1H3,(H,34,40)(H,38,39)/t21-,23-,29-/m0/s1. The van der Waals surface area contributed by atoms with Crippen LogP contribution < -0.4 is 5.32 Å². The monoisotopic (exact) mass is 570 g/mol. The maximum absolute atomic E-state index is 13.6. The molecule has 1 aliphatic carbocycles. The first-order valence-electron chi connectivity index (χ1n) is 14.2. The fourth-order valence-corrected chi connectivity index (χ4v) is 5.87. The maximum atomic E-state index is 13.6. The van der Waals surface area contributed by atoms with Crippen molar-refractivity contribution in [2.24, 2.45) is 5.92 Å². The third kappa shape index (κ3) is 6.46. The molecule has 2 N–H and O–H groups in total. The first kappa shape index (κ1) is 28.9. The van der Waals surface area contributed by atoms with Gasteiger partial charge in [0.15, 0.2) is 0 Å². The van der Waals surface area contributed by atoms with E-state index in [0.29, 0.717) is 6.42 Å². The minimum Gasteiger partial charge on any atom is -0.481 e. The van der Waals surface area contributed by atoms with Gasteiger partial charge in [0.1, 0.15) is 19.3 Å². The Labute approximate surface area is 244 Å². The van der Waals surface area contributed by atoms with Gasteiger partial charge in [0.25, 0.3) is 0 Å². The van der Waals surface area contributed by atoms with E-state index in [-0.39, 0.29) is 44.6 Å². The molecule has 0 radical (unpaired) electrons. The summed E-state index contributed by atoms with van der Waals surface area (Å²) >= 11 is 0. The van der Waals surface area contributed by atoms with Crippen LogP contribution in [0.1, 0.15) is 48.8 Å². The van der Waals surface area contributed by atoms with Gasteiger partial charge in [-0.05, 0) is 47.6 Å². The number of piperidine rings is 1. The van der Waals surface area contributed by atoms with Gasteiger partial charge in [0.05, 0.1) is 12.3 Å². The third-order valence-corrected chi connectivity index (χ3v) is 8.06. The molecule has 3 aromatic carbocycles. The summed E-state index contributed by atoms with van der Waals surface area (Å²) in [5.41, 5.74) is 5.09. The Morgan fingerprint density at radius 3 is 2.14 bits per heavy atom. The Hall–Kier alpha value is -4.66. The first-order chi connectivity index (χ1) is 20.3. The van der Waals surface area contributed by atoms with Crippen LogP contribution in [0, 0.1) is 5.92 Å². The molecule has 1 aliphatic heterocycles. The lowest BCUT2D eigenvalue weighted by atomic mass is 9.91. The van der Waals surface area contributed by atoms with Crippen LogP contribution in [0.15, 0.2) is 78.9 Å². The molecule has 0 bridgehead atoms. The number of carbonyl (C=O) groups is 4. The molecule has 9 nitrogen and oxygen atoms in total. The summed E-state index contributed by atoms with van der Waals surface area (Å²) in [5.74, 6) is -2.73. The van der Waals surface area contributed by atoms with Gasteiger partial charge in [-0.2, -0.15) is 0 Å². The number of hydrogen-bond acceptors (Lipinski definition) is 6. The number of likely N-dealkylation sites (tertiary alicyclic amines) is 1. The molecule has 1 heterocycles. The van der Waals surface area contributed by atoms with E-state index in [9.17, 15) is 24.3 Å². The lowest BCUT2D eigenvalue weighted by Gasteiger charge is -2.38. The highest BCUT2D eigenvalue weighted by molar-refractivity contribution is 5.90. The highest BCUT2D eigenvalue weighted by atomic mass is 16.5. The number of carboxylic acid groups (broad SMARTS) is 1. The van der Waals surface area contributed by atoms with E-state index in [1.807, 2.05) is 78.9 Å². The van der Waals surface area contributed by atoms with Gasteiger partial charge in [-0.3, -0.25) is 14.4 Å². The van der Waals surface area contributed by atoms with Crippen LogP contribution in [0.5, 0.6) is 0 Å². The molecule has 0 unspecified atom stereocenters. The molecule has 9 heteroatoms. The smallest absolute Gasteiger partial charge is 0.407 e. The molecule has 5 rings (SSSR count). The summed E-state index contributed by atoms with van der Waals surface area (Å²) in [4.78, 5) is 52.5. The normalized spacial score (nSPS) is 18.4. The molecule has 42 heavy (non-hydrogen) atoms. The quantitative estimate of drug-likeness (QED) is 0.357. The number of nitrogens with zero attached hydrogens (tertiary/aromatic N) is 1. The second-order valence-electron chi connectivity index (χ2n) is 10.8. The minimum atomic E-state index is -1.23. The van der Waals surface area contributed by atoms with Crippen LogP contribution in [0.25, 0.3) is 11.1 Å². The SMILES string of the molecule is C[C@H]1C[C@@H](C(=O)O)CCN1C(=O)[C@H](CC(=O)OCc1ccccc1)NC(=O)OCC1c2ccccc2-c2ccccc21. The van der Waals surface area contributed by atoms with Crippen molar-refractivity contribution in [1.82, 2.24) is 10.2 Å². The Morgan fingerprint density at radius 2 is 1.52 bits per heavy atom. The minimum absolute atomic E-state index is 0.0337. The Balaban J connectivity index is 1.26. The van der Waals surface area contributed by atoms with E-state index in [4.69, 9.17) is 9.47 Å². The molecule has 3 aromatic rings. The van der Waals surface area contributed by atoms with Crippen molar-refractivity contribution >= 4 is 23.9 Å². The molecule has 1 fully saturated rings. The predicted octanol–water partition coefficient (Wildman–Crippen LogP) is 4.74. The molecule has 2 amide bonds. The fraction of sp³-hybridized carbons (Fsp3) is 0.333. The van der Waals surface area contributed by atoms with Crippen molar-refractivity contribution in [3.8, 4) is 11.1 Å². The molecule has 3 atom stereocenters. The second kappa shape index (κ2) is 12.9. The fourth-order valence-electron chi connectivity index (χ4n) is 5.87. The molecular weight excluding hydrogens is 536 g/mol. The second-order valence-corrected chi connectivity index (χ2v) is 10.8. The van der Waals surface area contributed by atoms with Crippen molar-refractivity contribution in [1.29, 1.82) is 0 Å². The summed E-state index contributed by atoms with van der Waals surface area (Å²) in [5, 5.41) is 12.0. The number of hydrogen-bond donors (Lipinski definition) is 2. The van der Waals surface area contributed by atoms with E-state index in [2.05, 4.69) is 5.32 Å². The van der Waals surface area contributed by atoms with Crippen molar-refractivity contribution in [2.45, 2.75) is 50.8 Å². The number of ether oxygens (including phenoxy) is 2. The van der Waals surface area contributed by atoms with Gasteiger partial charge in [-0.1, -0.05) is 78.9 Å². The molecule has 1 saturated heterocycles. The van der Waals surface area contributed by atoms with Crippen LogP contribution in [-0.4, -0.2) is 59.2 Å². The highest BCUT2D eigenvalue weighted by Crippen LogP contribution is 2.44. The highest BCUT2D eigenvalue weighted by Gasteiger charge is 2.37. The lowest BCUT2D eigenvalue weighted by molar-refractivity contribution is -0.151. The van der Waals surface area contributed by atoms with Crippen molar-refractivity contribution < 1.29 is 33.8 Å². The number of carbonyl (C=O) groups excluding carboxylic acids is 3. The van der Waals surface area contributed by atoms with Gasteiger partial charge in [-0.15, -0.1) is 0 Å². The van der Waals surface area contributed by atoms with Gasteiger partial charge in [0.2, 0.25) is 5.91 Å². The Morgan fingerprint density at radius 1 is 0.905 bits per heavy atom. The van der Waals surface area contributed by atoms with Crippen molar-refractivity contribution in [3.63, 3.8) is 0 Å². The number of aliphatic carboxylic acids is 1. The zero-order chi connectivity index (χ0) is 29.6. The third-order valence-electron chi connectivity index (χ3n) is 8.06. The number of alkyl carbamates (subject to hydrolysis) is 1. The van der Waals surface area contributed by atoms with Crippen LogP contribution >= 0.6 is 0 Å². The number of amides is 2. The van der Waals surface area contributed by atoms with Crippen LogP contribution in [0.3, 0.4) is 0 Å². The average molecular weight is 571 g/mol. The van der Waals surface area contributed by atoms with E-state index < -0.39 is 35.9 Å². The van der Waals surface area contributed by atoms with Gasteiger partial charge >= 0.3 is 18.0 Å². The zero-order valence-corrected chi connectivity index (χ0v) is 23.4. The molecule has 218 valence electrons. The Bertz CT molecular complexity index is 1410.